The van der Waals surface area contributed by atoms with E-state index in [0.29, 0.717) is 13.0 Å². The summed E-state index contributed by atoms with van der Waals surface area (Å²) in [4.78, 5) is 24.0. The monoisotopic (exact) mass is 333 g/mol. The number of unbranched alkanes of at least 4 members (excludes halogenated alkanes) is 1. The van der Waals surface area contributed by atoms with Crippen LogP contribution in [-0.4, -0.2) is 58.8 Å². The van der Waals surface area contributed by atoms with Crippen molar-refractivity contribution in [1.29, 1.82) is 0 Å². The molecule has 0 aromatic heterocycles. The molecule has 0 aromatic rings. The third kappa shape index (κ3) is 7.86. The van der Waals surface area contributed by atoms with Crippen molar-refractivity contribution in [1.82, 2.24) is 4.90 Å². The number of hydrogen-bond acceptors (Lipinski definition) is 5. The molecule has 20 heavy (non-hydrogen) atoms. The van der Waals surface area contributed by atoms with Crippen molar-refractivity contribution in [3.63, 3.8) is 0 Å². The number of carbonyl (C=O) groups excluding carboxylic acids is 1. The number of halogens is 2. The lowest BCUT2D eigenvalue weighted by atomic mass is 10.1. The van der Waals surface area contributed by atoms with Gasteiger partial charge in [-0.15, -0.1) is 24.8 Å². The summed E-state index contributed by atoms with van der Waals surface area (Å²) in [6.07, 6.45) is 1.96. The number of amides is 1. The molecule has 0 aliphatic heterocycles. The summed E-state index contributed by atoms with van der Waals surface area (Å²) in [6.45, 7) is 1.76. The molecule has 0 saturated carbocycles. The molecule has 0 bridgehead atoms. The summed E-state index contributed by atoms with van der Waals surface area (Å²) < 4.78 is 0. The SMILES string of the molecule is CCN(C(=O)[C@@H](N)CCCCN)[C@@H](CO)C(=O)O.Cl.Cl. The topological polar surface area (TPSA) is 130 Å². The zero-order chi connectivity index (χ0) is 14.1. The molecule has 0 rings (SSSR count). The Morgan fingerprint density at radius 3 is 2.15 bits per heavy atom. The molecule has 0 saturated heterocycles. The number of carboxylic acids is 1. The summed E-state index contributed by atoms with van der Waals surface area (Å²) in [5, 5.41) is 17.9. The molecule has 0 fully saturated rings. The predicted molar refractivity (Wildman–Crippen MR) is 81.3 cm³/mol. The molecule has 0 aliphatic rings. The fourth-order valence-electron chi connectivity index (χ4n) is 1.68. The predicted octanol–water partition coefficient (Wildman–Crippen LogP) is -0.420. The van der Waals surface area contributed by atoms with Crippen molar-refractivity contribution in [2.75, 3.05) is 19.7 Å². The van der Waals surface area contributed by atoms with Gasteiger partial charge in [0.2, 0.25) is 5.91 Å². The third-order valence-corrected chi connectivity index (χ3v) is 2.74. The molecule has 0 aliphatic carbocycles. The Hall–Kier alpha value is -0.600. The van der Waals surface area contributed by atoms with E-state index < -0.39 is 30.6 Å². The van der Waals surface area contributed by atoms with Gasteiger partial charge in [-0.25, -0.2) is 4.79 Å². The number of aliphatic hydroxyl groups excluding tert-OH is 1. The molecule has 2 atom stereocenters. The minimum atomic E-state index is -1.23. The van der Waals surface area contributed by atoms with E-state index >= 15 is 0 Å². The van der Waals surface area contributed by atoms with Crippen molar-refractivity contribution in [2.24, 2.45) is 11.5 Å². The number of aliphatic hydroxyl groups is 1. The lowest BCUT2D eigenvalue weighted by Gasteiger charge is -2.28. The summed E-state index contributed by atoms with van der Waals surface area (Å²) in [5.74, 6) is -1.68. The quantitative estimate of drug-likeness (QED) is 0.424. The Kier molecular flexibility index (Phi) is 16.3. The molecule has 1 amide bonds. The van der Waals surface area contributed by atoms with Gasteiger partial charge in [-0.3, -0.25) is 4.79 Å². The maximum absolute atomic E-state index is 12.0. The molecule has 0 aromatic carbocycles. The van der Waals surface area contributed by atoms with Crippen molar-refractivity contribution in [3.05, 3.63) is 0 Å². The lowest BCUT2D eigenvalue weighted by molar-refractivity contribution is -0.152. The van der Waals surface area contributed by atoms with E-state index in [0.717, 1.165) is 17.7 Å². The zero-order valence-corrected chi connectivity index (χ0v) is 13.2. The van der Waals surface area contributed by atoms with E-state index in [4.69, 9.17) is 21.7 Å². The minimum Gasteiger partial charge on any atom is -0.480 e. The fourth-order valence-corrected chi connectivity index (χ4v) is 1.68. The molecule has 7 nitrogen and oxygen atoms in total. The molecule has 9 heteroatoms. The number of aliphatic carboxylic acids is 1. The smallest absolute Gasteiger partial charge is 0.328 e. The van der Waals surface area contributed by atoms with Crippen LogP contribution in [0.4, 0.5) is 0 Å². The molecular formula is C11H25Cl2N3O4. The van der Waals surface area contributed by atoms with Gasteiger partial charge in [-0.2, -0.15) is 0 Å². The van der Waals surface area contributed by atoms with Gasteiger partial charge in [-0.05, 0) is 26.3 Å². The second kappa shape index (κ2) is 13.4. The van der Waals surface area contributed by atoms with Gasteiger partial charge in [0, 0.05) is 6.54 Å². The Bertz CT molecular complexity index is 282. The highest BCUT2D eigenvalue weighted by molar-refractivity contribution is 5.87. The molecule has 0 unspecified atom stereocenters. The van der Waals surface area contributed by atoms with E-state index in [9.17, 15) is 9.59 Å². The third-order valence-electron chi connectivity index (χ3n) is 2.74. The van der Waals surface area contributed by atoms with E-state index in [1.54, 1.807) is 6.92 Å². The van der Waals surface area contributed by atoms with Gasteiger partial charge in [0.1, 0.15) is 0 Å². The maximum atomic E-state index is 12.0. The van der Waals surface area contributed by atoms with Gasteiger partial charge in [0.15, 0.2) is 6.04 Å². The summed E-state index contributed by atoms with van der Waals surface area (Å²) >= 11 is 0. The van der Waals surface area contributed by atoms with E-state index in [2.05, 4.69) is 0 Å². The van der Waals surface area contributed by atoms with Crippen LogP contribution in [0, 0.1) is 0 Å². The highest BCUT2D eigenvalue weighted by Gasteiger charge is 2.30. The summed E-state index contributed by atoms with van der Waals surface area (Å²) in [5.41, 5.74) is 11.1. The van der Waals surface area contributed by atoms with Crippen LogP contribution in [0.25, 0.3) is 0 Å². The van der Waals surface area contributed by atoms with Crippen LogP contribution >= 0.6 is 24.8 Å². The molecule has 0 spiro atoms. The van der Waals surface area contributed by atoms with E-state index in [1.165, 1.54) is 0 Å². The Morgan fingerprint density at radius 2 is 1.80 bits per heavy atom. The van der Waals surface area contributed by atoms with Crippen molar-refractivity contribution < 1.29 is 19.8 Å². The zero-order valence-electron chi connectivity index (χ0n) is 11.5. The molecule has 6 N–H and O–H groups in total. The Balaban J connectivity index is -0.00000144. The molecule has 0 radical (unpaired) electrons. The second-order valence-corrected chi connectivity index (χ2v) is 4.05. The van der Waals surface area contributed by atoms with Crippen molar-refractivity contribution in [2.45, 2.75) is 38.3 Å². The van der Waals surface area contributed by atoms with Gasteiger partial charge in [-0.1, -0.05) is 6.42 Å². The highest BCUT2D eigenvalue weighted by Crippen LogP contribution is 2.07. The second-order valence-electron chi connectivity index (χ2n) is 4.05. The first-order valence-corrected chi connectivity index (χ1v) is 6.09. The number of likely N-dealkylation sites (N-methyl/N-ethyl adjacent to an activating group) is 1. The minimum absolute atomic E-state index is 0. The Morgan fingerprint density at radius 1 is 1.25 bits per heavy atom. The lowest BCUT2D eigenvalue weighted by Crippen LogP contribution is -2.52. The summed E-state index contributed by atoms with van der Waals surface area (Å²) in [6, 6.07) is -1.98. The maximum Gasteiger partial charge on any atom is 0.328 e. The fraction of sp³-hybridized carbons (Fsp3) is 0.818. The van der Waals surface area contributed by atoms with Gasteiger partial charge >= 0.3 is 5.97 Å². The molecular weight excluding hydrogens is 309 g/mol. The number of nitrogens with two attached hydrogens (primary N) is 2. The Labute approximate surface area is 131 Å². The molecule has 0 heterocycles. The van der Waals surface area contributed by atoms with Crippen LogP contribution in [0.1, 0.15) is 26.2 Å². The van der Waals surface area contributed by atoms with Crippen LogP contribution in [0.3, 0.4) is 0 Å². The van der Waals surface area contributed by atoms with E-state index in [-0.39, 0.29) is 31.4 Å². The van der Waals surface area contributed by atoms with Crippen LogP contribution < -0.4 is 11.5 Å². The van der Waals surface area contributed by atoms with Crippen LogP contribution in [-0.2, 0) is 9.59 Å². The number of carbonyl (C=O) groups is 2. The molecule has 122 valence electrons. The average molecular weight is 334 g/mol. The first kappa shape index (κ1) is 24.4. The van der Waals surface area contributed by atoms with Gasteiger partial charge < -0.3 is 26.6 Å². The van der Waals surface area contributed by atoms with Crippen molar-refractivity contribution in [3.8, 4) is 0 Å². The van der Waals surface area contributed by atoms with Crippen LogP contribution in [0.2, 0.25) is 0 Å². The standard InChI is InChI=1S/C11H23N3O4.2ClH/c1-2-14(9(7-15)11(17)18)10(16)8(13)5-3-4-6-12;;/h8-9,15H,2-7,12-13H2,1H3,(H,17,18);2*1H/t8-,9-;;/m0../s1. The number of hydrogen-bond donors (Lipinski definition) is 4. The first-order chi connectivity index (χ1) is 8.49. The number of rotatable bonds is 9. The van der Waals surface area contributed by atoms with Gasteiger partial charge in [0.25, 0.3) is 0 Å². The highest BCUT2D eigenvalue weighted by atomic mass is 35.5. The van der Waals surface area contributed by atoms with Crippen molar-refractivity contribution >= 4 is 36.7 Å². The van der Waals surface area contributed by atoms with Crippen LogP contribution in [0.5, 0.6) is 0 Å². The average Bonchev–Trinajstić information content (AvgIpc) is 2.34. The summed E-state index contributed by atoms with van der Waals surface area (Å²) in [7, 11) is 0. The first-order valence-electron chi connectivity index (χ1n) is 6.09. The van der Waals surface area contributed by atoms with Gasteiger partial charge in [0.05, 0.1) is 12.6 Å². The number of nitrogens with zero attached hydrogens (tertiary/aromatic N) is 1. The van der Waals surface area contributed by atoms with E-state index in [1.807, 2.05) is 0 Å². The normalized spacial score (nSPS) is 12.6. The largest absolute Gasteiger partial charge is 0.480 e. The van der Waals surface area contributed by atoms with Crippen LogP contribution in [0.15, 0.2) is 0 Å². The number of carboxylic acid groups (broad SMARTS) is 1.